The highest BCUT2D eigenvalue weighted by Crippen LogP contribution is 2.11. The fraction of sp³-hybridized carbons (Fsp3) is 0.571. The maximum atomic E-state index is 3.71. The summed E-state index contributed by atoms with van der Waals surface area (Å²) in [6.07, 6.45) is 3.48. The van der Waals surface area contributed by atoms with Gasteiger partial charge in [0.15, 0.2) is 0 Å². The van der Waals surface area contributed by atoms with Crippen LogP contribution >= 0.6 is 0 Å². The molecule has 0 aliphatic carbocycles. The van der Waals surface area contributed by atoms with Gasteiger partial charge in [-0.15, -0.1) is 10.2 Å². The second-order valence-corrected chi connectivity index (χ2v) is 3.17. The third kappa shape index (κ3) is 1.45. The molecule has 0 N–H and O–H groups in total. The molecule has 0 radical (unpaired) electrons. The Hall–Kier alpha value is -1.08. The highest BCUT2D eigenvalue weighted by molar-refractivity contribution is 5.67. The molecule has 1 aliphatic heterocycles. The number of hydrogen-bond donors (Lipinski definition) is 0. The van der Waals surface area contributed by atoms with Crippen LogP contribution in [0.3, 0.4) is 0 Å². The maximum Gasteiger partial charge on any atom is 0.119 e. The summed E-state index contributed by atoms with van der Waals surface area (Å²) in [6, 6.07) is 0. The van der Waals surface area contributed by atoms with Gasteiger partial charge in [-0.05, 0) is 20.8 Å². The van der Waals surface area contributed by atoms with Gasteiger partial charge >= 0.3 is 0 Å². The van der Waals surface area contributed by atoms with Crippen LogP contribution in [0.4, 0.5) is 0 Å². The molecule has 1 aliphatic rings. The van der Waals surface area contributed by atoms with Crippen molar-refractivity contribution in [1.29, 1.82) is 0 Å². The zero-order chi connectivity index (χ0) is 7.61. The minimum absolute atomic E-state index is 0.0758. The Labute approximate surface area is 60.8 Å². The Morgan fingerprint density at radius 2 is 2.10 bits per heavy atom. The summed E-state index contributed by atoms with van der Waals surface area (Å²) in [7, 11) is 0. The minimum Gasteiger partial charge on any atom is -0.324 e. The molecule has 1 heterocycles. The van der Waals surface area contributed by atoms with Crippen molar-refractivity contribution in [2.75, 3.05) is 0 Å². The number of hydrogen-bond acceptors (Lipinski definition) is 3. The van der Waals surface area contributed by atoms with Crippen LogP contribution in [0.1, 0.15) is 20.8 Å². The van der Waals surface area contributed by atoms with E-state index in [9.17, 15) is 0 Å². The van der Waals surface area contributed by atoms with E-state index in [-0.39, 0.29) is 5.54 Å². The summed E-state index contributed by atoms with van der Waals surface area (Å²) in [5.41, 5.74) is 0.0758. The van der Waals surface area contributed by atoms with Crippen molar-refractivity contribution in [3.8, 4) is 0 Å². The van der Waals surface area contributed by atoms with Gasteiger partial charge in [0.1, 0.15) is 6.34 Å². The molecule has 0 spiro atoms. The van der Waals surface area contributed by atoms with Crippen LogP contribution in [-0.4, -0.2) is 22.6 Å². The normalized spacial score (nSPS) is 16.5. The predicted molar refractivity (Wildman–Crippen MR) is 42.1 cm³/mol. The van der Waals surface area contributed by atoms with E-state index in [4.69, 9.17) is 0 Å². The molecular weight excluding hydrogens is 126 g/mol. The topological polar surface area (TPSA) is 28.0 Å². The molecule has 0 saturated carbocycles. The Kier molecular flexibility index (Phi) is 1.60. The first-order valence-corrected chi connectivity index (χ1v) is 3.21. The molecule has 3 nitrogen and oxygen atoms in total. The average molecular weight is 137 g/mol. The molecule has 0 saturated heterocycles. The zero-order valence-corrected chi connectivity index (χ0v) is 6.50. The second-order valence-electron chi connectivity index (χ2n) is 3.17. The molecule has 0 aromatic heterocycles. The van der Waals surface area contributed by atoms with Crippen molar-refractivity contribution in [3.05, 3.63) is 6.20 Å². The van der Waals surface area contributed by atoms with E-state index in [1.165, 1.54) is 0 Å². The Balaban J connectivity index is 2.77. The Morgan fingerprint density at radius 1 is 1.40 bits per heavy atom. The van der Waals surface area contributed by atoms with E-state index >= 15 is 0 Å². The molecule has 0 aromatic rings. The quantitative estimate of drug-likeness (QED) is 0.493. The van der Waals surface area contributed by atoms with Crippen molar-refractivity contribution < 1.29 is 0 Å². The molecule has 0 bridgehead atoms. The van der Waals surface area contributed by atoms with Crippen molar-refractivity contribution in [1.82, 2.24) is 4.90 Å². The van der Waals surface area contributed by atoms with Crippen molar-refractivity contribution >= 4 is 12.2 Å². The average Bonchev–Trinajstić information content (AvgIpc) is 1.88. The second kappa shape index (κ2) is 2.27. The van der Waals surface area contributed by atoms with Crippen molar-refractivity contribution in [2.24, 2.45) is 10.2 Å². The molecule has 0 unspecified atom stereocenters. The standard InChI is InChI=1S/C7H11N3/c1-7(2,3)10-5-4-8-9-6-10/h5-6H,1-3H3. The molecule has 3 heteroatoms. The lowest BCUT2D eigenvalue weighted by atomic mass is 10.1. The van der Waals surface area contributed by atoms with Crippen LogP contribution in [0.2, 0.25) is 0 Å². The first-order chi connectivity index (χ1) is 4.61. The summed E-state index contributed by atoms with van der Waals surface area (Å²) in [5, 5.41) is 7.27. The van der Waals surface area contributed by atoms with Gasteiger partial charge in [-0.1, -0.05) is 0 Å². The van der Waals surface area contributed by atoms with Gasteiger partial charge in [-0.25, -0.2) is 0 Å². The molecule has 54 valence electrons. The third-order valence-electron chi connectivity index (χ3n) is 1.26. The molecular formula is C7H11N3. The van der Waals surface area contributed by atoms with Crippen LogP contribution in [-0.2, 0) is 0 Å². The maximum absolute atomic E-state index is 3.71. The fourth-order valence-electron chi connectivity index (χ4n) is 0.603. The van der Waals surface area contributed by atoms with Gasteiger partial charge in [-0.2, -0.15) is 0 Å². The largest absolute Gasteiger partial charge is 0.324 e. The van der Waals surface area contributed by atoms with Gasteiger partial charge in [0.2, 0.25) is 0 Å². The molecule has 0 fully saturated rings. The van der Waals surface area contributed by atoms with Gasteiger partial charge in [-0.3, -0.25) is 0 Å². The number of nitrogens with zero attached hydrogens (tertiary/aromatic N) is 3. The molecule has 10 heavy (non-hydrogen) atoms. The predicted octanol–water partition coefficient (Wildman–Crippen LogP) is 1.23. The summed E-state index contributed by atoms with van der Waals surface area (Å²) in [5.74, 6) is 2.67. The highest BCUT2D eigenvalue weighted by Gasteiger charge is 2.16. The van der Waals surface area contributed by atoms with Crippen LogP contribution in [0, 0.1) is 0 Å². The Morgan fingerprint density at radius 3 is 2.40 bits per heavy atom. The van der Waals surface area contributed by atoms with E-state index < -0.39 is 0 Å². The summed E-state index contributed by atoms with van der Waals surface area (Å²) in [6.45, 7) is 6.30. The van der Waals surface area contributed by atoms with Crippen LogP contribution in [0.15, 0.2) is 16.4 Å². The van der Waals surface area contributed by atoms with Crippen LogP contribution < -0.4 is 0 Å². The van der Waals surface area contributed by atoms with E-state index in [1.54, 1.807) is 12.5 Å². The van der Waals surface area contributed by atoms with Crippen molar-refractivity contribution in [3.63, 3.8) is 0 Å². The SMILES string of the molecule is CC(C)(C)N1C=C=NN=C1. The van der Waals surface area contributed by atoms with Crippen LogP contribution in [0.5, 0.6) is 0 Å². The minimum atomic E-state index is 0.0758. The molecule has 0 amide bonds. The molecule has 0 atom stereocenters. The Bertz CT molecular complexity index is 203. The number of rotatable bonds is 0. The van der Waals surface area contributed by atoms with E-state index in [0.29, 0.717) is 0 Å². The monoisotopic (exact) mass is 137 g/mol. The smallest absolute Gasteiger partial charge is 0.119 e. The van der Waals surface area contributed by atoms with Gasteiger partial charge in [0.25, 0.3) is 0 Å². The molecule has 0 aromatic carbocycles. The fourth-order valence-corrected chi connectivity index (χ4v) is 0.603. The van der Waals surface area contributed by atoms with Crippen molar-refractivity contribution in [2.45, 2.75) is 26.3 Å². The van der Waals surface area contributed by atoms with Crippen LogP contribution in [0.25, 0.3) is 0 Å². The summed E-state index contributed by atoms with van der Waals surface area (Å²) < 4.78 is 0. The third-order valence-corrected chi connectivity index (χ3v) is 1.26. The summed E-state index contributed by atoms with van der Waals surface area (Å²) >= 11 is 0. The summed E-state index contributed by atoms with van der Waals surface area (Å²) in [4.78, 5) is 1.96. The van der Waals surface area contributed by atoms with E-state index in [2.05, 4.69) is 36.8 Å². The lowest BCUT2D eigenvalue weighted by molar-refractivity contribution is 0.321. The highest BCUT2D eigenvalue weighted by atomic mass is 15.3. The van der Waals surface area contributed by atoms with E-state index in [0.717, 1.165) is 0 Å². The van der Waals surface area contributed by atoms with E-state index in [1.807, 2.05) is 4.90 Å². The first-order valence-electron chi connectivity index (χ1n) is 3.21. The zero-order valence-electron chi connectivity index (χ0n) is 6.50. The molecule has 1 rings (SSSR count). The van der Waals surface area contributed by atoms with Gasteiger partial charge in [0, 0.05) is 11.4 Å². The lowest BCUT2D eigenvalue weighted by Gasteiger charge is -2.29. The first kappa shape index (κ1) is 7.03. The van der Waals surface area contributed by atoms with Gasteiger partial charge in [0.05, 0.1) is 6.20 Å². The van der Waals surface area contributed by atoms with Gasteiger partial charge < -0.3 is 4.90 Å². The lowest BCUT2D eigenvalue weighted by Crippen LogP contribution is -2.36.